The maximum absolute atomic E-state index is 14.7. The molecule has 0 aromatic heterocycles. The number of Topliss-reactive ketones (excluding diaryl/α,β-unsaturated/α-hetero) is 3. The molecule has 2 aliphatic rings. The number of rotatable bonds is 7. The second-order valence-electron chi connectivity index (χ2n) is 12.2. The number of carbonyl (C=O) groups is 3. The number of hydrogen-bond donors (Lipinski definition) is 1. The number of allylic oxidation sites excluding steroid dienone is 7. The Morgan fingerprint density at radius 3 is 1.92 bits per heavy atom. The van der Waals surface area contributed by atoms with Gasteiger partial charge in [-0.1, -0.05) is 79.1 Å². The molecule has 2 aliphatic carbocycles. The highest BCUT2D eigenvalue weighted by molar-refractivity contribution is 6.41. The SMILES string of the molecule is CC(C)=CC[C@H]1C[C@]2(CC=C(C)C)C(=O)/C(=C(/O)c3ccccc3)C(=O)[C@](CC=C(C)C)(C2=O)C1(C)C. The average molecular weight is 503 g/mol. The molecule has 3 atom stereocenters. The first kappa shape index (κ1) is 28.6. The van der Waals surface area contributed by atoms with Crippen LogP contribution in [0.15, 0.2) is 70.9 Å². The minimum absolute atomic E-state index is 0.0652. The fraction of sp³-hybridized carbons (Fsp3) is 0.485. The van der Waals surface area contributed by atoms with E-state index < -0.39 is 27.8 Å². The van der Waals surface area contributed by atoms with Crippen LogP contribution in [0.3, 0.4) is 0 Å². The molecule has 4 heteroatoms. The Balaban J connectivity index is 2.43. The summed E-state index contributed by atoms with van der Waals surface area (Å²) >= 11 is 0. The highest BCUT2D eigenvalue weighted by atomic mass is 16.3. The third kappa shape index (κ3) is 4.71. The van der Waals surface area contributed by atoms with Gasteiger partial charge in [0.15, 0.2) is 17.3 Å². The van der Waals surface area contributed by atoms with Crippen LogP contribution in [0.25, 0.3) is 5.76 Å². The van der Waals surface area contributed by atoms with Gasteiger partial charge in [0, 0.05) is 5.56 Å². The van der Waals surface area contributed by atoms with E-state index in [-0.39, 0.29) is 35.9 Å². The van der Waals surface area contributed by atoms with Crippen molar-refractivity contribution in [1.82, 2.24) is 0 Å². The molecule has 0 saturated heterocycles. The largest absolute Gasteiger partial charge is 0.506 e. The summed E-state index contributed by atoms with van der Waals surface area (Å²) < 4.78 is 0. The Morgan fingerprint density at radius 1 is 0.838 bits per heavy atom. The lowest BCUT2D eigenvalue weighted by Gasteiger charge is -2.60. The number of carbonyl (C=O) groups excluding carboxylic acids is 3. The molecule has 0 unspecified atom stereocenters. The molecule has 0 amide bonds. The maximum atomic E-state index is 14.7. The summed E-state index contributed by atoms with van der Waals surface area (Å²) in [7, 11) is 0. The molecular weight excluding hydrogens is 460 g/mol. The molecule has 0 radical (unpaired) electrons. The fourth-order valence-electron chi connectivity index (χ4n) is 6.13. The topological polar surface area (TPSA) is 71.4 Å². The van der Waals surface area contributed by atoms with Gasteiger partial charge in [-0.15, -0.1) is 0 Å². The molecule has 0 heterocycles. The van der Waals surface area contributed by atoms with Gasteiger partial charge in [-0.25, -0.2) is 0 Å². The summed E-state index contributed by atoms with van der Waals surface area (Å²) in [6.45, 7) is 15.9. The van der Waals surface area contributed by atoms with E-state index in [1.54, 1.807) is 24.3 Å². The number of benzene rings is 1. The van der Waals surface area contributed by atoms with Crippen molar-refractivity contribution in [3.05, 3.63) is 76.4 Å². The van der Waals surface area contributed by atoms with Crippen LogP contribution in [0.1, 0.15) is 86.6 Å². The minimum atomic E-state index is -1.45. The molecule has 0 aliphatic heterocycles. The monoisotopic (exact) mass is 502 g/mol. The number of aliphatic hydroxyl groups is 1. The Hall–Kier alpha value is -3.01. The van der Waals surface area contributed by atoms with E-state index in [1.807, 2.05) is 73.6 Å². The summed E-state index contributed by atoms with van der Waals surface area (Å²) in [6, 6.07) is 8.70. The zero-order chi connectivity index (χ0) is 27.8. The molecule has 2 bridgehead atoms. The molecule has 2 fully saturated rings. The van der Waals surface area contributed by atoms with E-state index in [1.165, 1.54) is 0 Å². The molecule has 1 aromatic carbocycles. The first-order valence-corrected chi connectivity index (χ1v) is 13.3. The van der Waals surface area contributed by atoms with Crippen molar-refractivity contribution in [2.75, 3.05) is 0 Å². The highest BCUT2D eigenvalue weighted by Crippen LogP contribution is 2.65. The third-order valence-electron chi connectivity index (χ3n) is 8.58. The molecule has 3 rings (SSSR count). The first-order chi connectivity index (χ1) is 17.2. The van der Waals surface area contributed by atoms with Gasteiger partial charge in [0.25, 0.3) is 0 Å². The van der Waals surface area contributed by atoms with Crippen LogP contribution >= 0.6 is 0 Å². The van der Waals surface area contributed by atoms with Crippen LogP contribution in [0.4, 0.5) is 0 Å². The van der Waals surface area contributed by atoms with Crippen LogP contribution < -0.4 is 0 Å². The van der Waals surface area contributed by atoms with Crippen LogP contribution in [0.2, 0.25) is 0 Å². The summed E-state index contributed by atoms with van der Waals surface area (Å²) in [5.41, 5.74) is -0.236. The fourth-order valence-corrected chi connectivity index (χ4v) is 6.13. The Bertz CT molecular complexity index is 1210. The lowest BCUT2D eigenvalue weighted by Crippen LogP contribution is -2.69. The van der Waals surface area contributed by atoms with E-state index in [4.69, 9.17) is 0 Å². The highest BCUT2D eigenvalue weighted by Gasteiger charge is 2.73. The molecule has 198 valence electrons. The molecule has 1 aromatic rings. The van der Waals surface area contributed by atoms with Crippen LogP contribution in [-0.4, -0.2) is 22.5 Å². The van der Waals surface area contributed by atoms with E-state index in [9.17, 15) is 19.5 Å². The van der Waals surface area contributed by atoms with E-state index in [0.717, 1.165) is 16.7 Å². The minimum Gasteiger partial charge on any atom is -0.506 e. The van der Waals surface area contributed by atoms with Crippen LogP contribution in [0, 0.1) is 22.2 Å². The maximum Gasteiger partial charge on any atom is 0.184 e. The van der Waals surface area contributed by atoms with Gasteiger partial charge in [0.1, 0.15) is 16.7 Å². The van der Waals surface area contributed by atoms with Crippen molar-refractivity contribution >= 4 is 23.1 Å². The van der Waals surface area contributed by atoms with Crippen LogP contribution in [0.5, 0.6) is 0 Å². The van der Waals surface area contributed by atoms with Gasteiger partial charge in [-0.2, -0.15) is 0 Å². The lowest BCUT2D eigenvalue weighted by atomic mass is 9.38. The normalized spacial score (nSPS) is 27.9. The molecule has 1 N–H and O–H groups in total. The molecule has 37 heavy (non-hydrogen) atoms. The van der Waals surface area contributed by atoms with E-state index in [2.05, 4.69) is 6.08 Å². The third-order valence-corrected chi connectivity index (χ3v) is 8.58. The lowest BCUT2D eigenvalue weighted by molar-refractivity contribution is -0.176. The Labute approximate surface area is 222 Å². The Kier molecular flexibility index (Phi) is 8.02. The number of aliphatic hydroxyl groups excluding tert-OH is 1. The average Bonchev–Trinajstić information content (AvgIpc) is 2.82. The summed E-state index contributed by atoms with van der Waals surface area (Å²) in [5, 5.41) is 11.4. The first-order valence-electron chi connectivity index (χ1n) is 13.3. The van der Waals surface area contributed by atoms with Gasteiger partial charge in [0.05, 0.1) is 5.41 Å². The summed E-state index contributed by atoms with van der Waals surface area (Å²) in [4.78, 5) is 43.6. The van der Waals surface area contributed by atoms with Crippen molar-refractivity contribution in [3.63, 3.8) is 0 Å². The second kappa shape index (κ2) is 10.4. The summed E-state index contributed by atoms with van der Waals surface area (Å²) in [5.74, 6) is -1.75. The van der Waals surface area contributed by atoms with Gasteiger partial charge in [-0.3, -0.25) is 14.4 Å². The second-order valence-corrected chi connectivity index (χ2v) is 12.2. The molecular formula is C33H42O4. The zero-order valence-electron chi connectivity index (χ0n) is 23.7. The van der Waals surface area contributed by atoms with Crippen LogP contribution in [-0.2, 0) is 14.4 Å². The van der Waals surface area contributed by atoms with E-state index in [0.29, 0.717) is 18.4 Å². The number of hydrogen-bond acceptors (Lipinski definition) is 4. The number of fused-ring (bicyclic) bond motifs is 2. The van der Waals surface area contributed by atoms with Crippen molar-refractivity contribution in [2.24, 2.45) is 22.2 Å². The van der Waals surface area contributed by atoms with Gasteiger partial charge < -0.3 is 5.11 Å². The standard InChI is InChI=1S/C33H42O4/c1-21(2)14-15-25-20-32(18-16-22(3)4)28(35)26(27(34)24-12-10-9-11-13-24)29(36)33(30(32)37,31(25,7)8)19-17-23(5)6/h9-14,16-17,25,34H,15,18-20H2,1-8H3/b27-26-/t25-,32+,33+/m0/s1. The summed E-state index contributed by atoms with van der Waals surface area (Å²) in [6.07, 6.45) is 7.49. The van der Waals surface area contributed by atoms with Gasteiger partial charge in [-0.05, 0) is 78.6 Å². The zero-order valence-corrected chi connectivity index (χ0v) is 23.7. The predicted molar refractivity (Wildman–Crippen MR) is 150 cm³/mol. The Morgan fingerprint density at radius 2 is 1.38 bits per heavy atom. The van der Waals surface area contributed by atoms with Crippen molar-refractivity contribution < 1.29 is 19.5 Å². The molecule has 4 nitrogen and oxygen atoms in total. The quantitative estimate of drug-likeness (QED) is 0.136. The van der Waals surface area contributed by atoms with E-state index >= 15 is 0 Å². The van der Waals surface area contributed by atoms with Crippen molar-refractivity contribution in [2.45, 2.75) is 81.1 Å². The number of ketones is 3. The molecule has 2 saturated carbocycles. The smallest absolute Gasteiger partial charge is 0.184 e. The predicted octanol–water partition coefficient (Wildman–Crippen LogP) is 7.76. The van der Waals surface area contributed by atoms with Gasteiger partial charge in [0.2, 0.25) is 0 Å². The molecule has 0 spiro atoms. The van der Waals surface area contributed by atoms with Crippen molar-refractivity contribution in [3.8, 4) is 0 Å². The van der Waals surface area contributed by atoms with Crippen molar-refractivity contribution in [1.29, 1.82) is 0 Å². The van der Waals surface area contributed by atoms with Gasteiger partial charge >= 0.3 is 0 Å².